The normalized spacial score (nSPS) is 15.3. The number of aryl methyl sites for hydroxylation is 1. The van der Waals surface area contributed by atoms with Gasteiger partial charge in [0.15, 0.2) is 5.82 Å². The van der Waals surface area contributed by atoms with E-state index in [4.69, 9.17) is 5.11 Å². The lowest BCUT2D eigenvalue weighted by Gasteiger charge is -2.40. The largest absolute Gasteiger partial charge is 0.508 e. The van der Waals surface area contributed by atoms with Gasteiger partial charge >= 0.3 is 5.97 Å². The van der Waals surface area contributed by atoms with Crippen LogP contribution in [-0.2, 0) is 17.9 Å². The number of benzene rings is 3. The number of carboxylic acid groups (broad SMARTS) is 1. The summed E-state index contributed by atoms with van der Waals surface area (Å²) in [6.45, 7) is 5.30. The van der Waals surface area contributed by atoms with Gasteiger partial charge in [0.2, 0.25) is 0 Å². The number of carbonyl (C=O) groups is 1. The molecule has 9 nitrogen and oxygen atoms in total. The molecule has 39 heavy (non-hydrogen) atoms. The average molecular weight is 527 g/mol. The first kappa shape index (κ1) is 26.5. The molecule has 1 aliphatic rings. The standard InChI is InChI=1S/C30H34N6O3/c37-27-10-6-9-26(21-27)29(35-19-17-34(18-20-35)22-23-7-2-1-3-8-23)24-12-14-25(15-13-24)30-31-32-33-36(30)16-5-4-11-28(38)39/h1-3,6-10,12-15,21,29,37H,4-5,11,16-20,22H2,(H,38,39)/t29-/m1/s1. The zero-order valence-corrected chi connectivity index (χ0v) is 21.9. The Kier molecular flexibility index (Phi) is 8.60. The van der Waals surface area contributed by atoms with E-state index in [1.54, 1.807) is 10.7 Å². The van der Waals surface area contributed by atoms with Gasteiger partial charge in [0.1, 0.15) is 5.75 Å². The number of hydrogen-bond donors (Lipinski definition) is 2. The number of rotatable bonds is 11. The number of carboxylic acids is 1. The first-order valence-electron chi connectivity index (χ1n) is 13.4. The van der Waals surface area contributed by atoms with Gasteiger partial charge in [-0.2, -0.15) is 0 Å². The molecule has 0 spiro atoms. The van der Waals surface area contributed by atoms with Crippen LogP contribution in [0.4, 0.5) is 0 Å². The van der Waals surface area contributed by atoms with E-state index in [-0.39, 0.29) is 18.2 Å². The Hall–Kier alpha value is -4.08. The number of phenolic OH excluding ortho intramolecular Hbond substituents is 1. The van der Waals surface area contributed by atoms with Crippen LogP contribution in [0, 0.1) is 0 Å². The Bertz CT molecular complexity index is 1350. The fourth-order valence-electron chi connectivity index (χ4n) is 5.24. The molecule has 1 aliphatic heterocycles. The highest BCUT2D eigenvalue weighted by Crippen LogP contribution is 2.32. The van der Waals surface area contributed by atoms with Crippen LogP contribution in [-0.4, -0.2) is 72.4 Å². The maximum Gasteiger partial charge on any atom is 0.303 e. The maximum absolute atomic E-state index is 10.8. The summed E-state index contributed by atoms with van der Waals surface area (Å²) in [5.74, 6) is 0.139. The van der Waals surface area contributed by atoms with E-state index in [1.807, 2.05) is 24.3 Å². The number of unbranched alkanes of at least 4 members (excludes halogenated alkanes) is 1. The minimum Gasteiger partial charge on any atom is -0.508 e. The monoisotopic (exact) mass is 526 g/mol. The van der Waals surface area contributed by atoms with Crippen LogP contribution >= 0.6 is 0 Å². The highest BCUT2D eigenvalue weighted by molar-refractivity contribution is 5.66. The molecule has 1 fully saturated rings. The molecule has 0 aliphatic carbocycles. The van der Waals surface area contributed by atoms with Gasteiger partial charge in [0.05, 0.1) is 6.04 Å². The molecule has 0 unspecified atom stereocenters. The number of tetrazole rings is 1. The van der Waals surface area contributed by atoms with Crippen molar-refractivity contribution in [3.8, 4) is 17.1 Å². The summed E-state index contributed by atoms with van der Waals surface area (Å²) < 4.78 is 1.73. The molecule has 0 saturated carbocycles. The van der Waals surface area contributed by atoms with Crippen molar-refractivity contribution in [1.82, 2.24) is 30.0 Å². The van der Waals surface area contributed by atoms with Crippen molar-refractivity contribution in [3.05, 3.63) is 95.6 Å². The summed E-state index contributed by atoms with van der Waals surface area (Å²) in [5, 5.41) is 31.3. The fourth-order valence-corrected chi connectivity index (χ4v) is 5.24. The highest BCUT2D eigenvalue weighted by Gasteiger charge is 2.27. The van der Waals surface area contributed by atoms with Gasteiger partial charge < -0.3 is 10.2 Å². The van der Waals surface area contributed by atoms with Gasteiger partial charge in [0, 0.05) is 51.3 Å². The summed E-state index contributed by atoms with van der Waals surface area (Å²) in [7, 11) is 0. The van der Waals surface area contributed by atoms with Crippen LogP contribution in [0.25, 0.3) is 11.4 Å². The van der Waals surface area contributed by atoms with E-state index >= 15 is 0 Å². The van der Waals surface area contributed by atoms with E-state index < -0.39 is 5.97 Å². The van der Waals surface area contributed by atoms with Crippen molar-refractivity contribution in [2.24, 2.45) is 0 Å². The lowest BCUT2D eigenvalue weighted by atomic mass is 9.95. The highest BCUT2D eigenvalue weighted by atomic mass is 16.4. The molecular weight excluding hydrogens is 492 g/mol. The molecule has 4 aromatic rings. The van der Waals surface area contributed by atoms with Crippen LogP contribution < -0.4 is 0 Å². The molecule has 1 atom stereocenters. The van der Waals surface area contributed by atoms with Crippen molar-refractivity contribution in [3.63, 3.8) is 0 Å². The minimum absolute atomic E-state index is 0.0111. The van der Waals surface area contributed by atoms with Gasteiger partial charge in [0.25, 0.3) is 0 Å². The van der Waals surface area contributed by atoms with E-state index in [9.17, 15) is 9.90 Å². The fraction of sp³-hybridized carbons (Fsp3) is 0.333. The lowest BCUT2D eigenvalue weighted by Crippen LogP contribution is -2.47. The third-order valence-corrected chi connectivity index (χ3v) is 7.23. The Balaban J connectivity index is 1.31. The van der Waals surface area contributed by atoms with E-state index in [2.05, 4.69) is 73.9 Å². The zero-order valence-electron chi connectivity index (χ0n) is 21.9. The topological polar surface area (TPSA) is 108 Å². The van der Waals surface area contributed by atoms with Crippen molar-refractivity contribution in [1.29, 1.82) is 0 Å². The van der Waals surface area contributed by atoms with E-state index in [0.29, 0.717) is 25.2 Å². The molecule has 2 heterocycles. The third-order valence-electron chi connectivity index (χ3n) is 7.23. The first-order chi connectivity index (χ1) is 19.1. The number of aromatic nitrogens is 4. The lowest BCUT2D eigenvalue weighted by molar-refractivity contribution is -0.137. The Labute approximate surface area is 228 Å². The van der Waals surface area contributed by atoms with Crippen molar-refractivity contribution in [2.45, 2.75) is 38.4 Å². The summed E-state index contributed by atoms with van der Waals surface area (Å²) >= 11 is 0. The van der Waals surface area contributed by atoms with Gasteiger partial charge in [-0.25, -0.2) is 4.68 Å². The summed E-state index contributed by atoms with van der Waals surface area (Å²) in [6, 6.07) is 26.4. The SMILES string of the molecule is O=C(O)CCCCn1nnnc1-c1ccc([C@H](c2cccc(O)c2)N2CCN(Cc3ccccc3)CC2)cc1. The van der Waals surface area contributed by atoms with Crippen molar-refractivity contribution < 1.29 is 15.0 Å². The molecule has 202 valence electrons. The van der Waals surface area contributed by atoms with Gasteiger partial charge in [-0.3, -0.25) is 14.6 Å². The number of piperazine rings is 1. The molecule has 2 N–H and O–H groups in total. The second-order valence-corrected chi connectivity index (χ2v) is 9.99. The number of hydrogen-bond acceptors (Lipinski definition) is 7. The second kappa shape index (κ2) is 12.6. The first-order valence-corrected chi connectivity index (χ1v) is 13.4. The third kappa shape index (κ3) is 6.87. The summed E-state index contributed by atoms with van der Waals surface area (Å²) in [4.78, 5) is 15.8. The van der Waals surface area contributed by atoms with Gasteiger partial charge in [-0.1, -0.05) is 66.7 Å². The number of nitrogens with zero attached hydrogens (tertiary/aromatic N) is 6. The molecule has 0 amide bonds. The van der Waals surface area contributed by atoms with Crippen LogP contribution in [0.1, 0.15) is 42.0 Å². The van der Waals surface area contributed by atoms with Crippen molar-refractivity contribution >= 4 is 5.97 Å². The smallest absolute Gasteiger partial charge is 0.303 e. The number of aromatic hydroxyl groups is 1. The Morgan fingerprint density at radius 1 is 0.872 bits per heavy atom. The Morgan fingerprint density at radius 3 is 2.36 bits per heavy atom. The van der Waals surface area contributed by atoms with Crippen LogP contribution in [0.15, 0.2) is 78.9 Å². The molecule has 0 radical (unpaired) electrons. The summed E-state index contributed by atoms with van der Waals surface area (Å²) in [6.07, 6.45) is 1.42. The van der Waals surface area contributed by atoms with Crippen molar-refractivity contribution in [2.75, 3.05) is 26.2 Å². The average Bonchev–Trinajstić information content (AvgIpc) is 3.42. The Morgan fingerprint density at radius 2 is 1.64 bits per heavy atom. The molecule has 9 heteroatoms. The van der Waals surface area contributed by atoms with Crippen LogP contribution in [0.5, 0.6) is 5.75 Å². The van der Waals surface area contributed by atoms with Crippen LogP contribution in [0.2, 0.25) is 0 Å². The molecule has 1 saturated heterocycles. The maximum atomic E-state index is 10.8. The van der Waals surface area contributed by atoms with Gasteiger partial charge in [-0.05, 0) is 52.1 Å². The van der Waals surface area contributed by atoms with E-state index in [1.165, 1.54) is 5.56 Å². The van der Waals surface area contributed by atoms with E-state index in [0.717, 1.165) is 49.4 Å². The second-order valence-electron chi connectivity index (χ2n) is 9.99. The minimum atomic E-state index is -0.790. The molecule has 0 bridgehead atoms. The zero-order chi connectivity index (χ0) is 27.0. The quantitative estimate of drug-likeness (QED) is 0.280. The molecular formula is C30H34N6O3. The number of aliphatic carboxylic acids is 1. The predicted octanol–water partition coefficient (Wildman–Crippen LogP) is 4.21. The molecule has 3 aromatic carbocycles. The molecule has 1 aromatic heterocycles. The molecule has 5 rings (SSSR count). The van der Waals surface area contributed by atoms with Crippen LogP contribution in [0.3, 0.4) is 0 Å². The predicted molar refractivity (Wildman–Crippen MR) is 148 cm³/mol. The summed E-state index contributed by atoms with van der Waals surface area (Å²) in [5.41, 5.74) is 4.43. The van der Waals surface area contributed by atoms with Gasteiger partial charge in [-0.15, -0.1) is 5.10 Å². The number of phenols is 1.